The van der Waals surface area contributed by atoms with E-state index < -0.39 is 0 Å². The molecule has 1 aromatic heterocycles. The van der Waals surface area contributed by atoms with Crippen molar-refractivity contribution in [2.75, 3.05) is 55.5 Å². The number of piperidine rings is 1. The third kappa shape index (κ3) is 4.42. The summed E-state index contributed by atoms with van der Waals surface area (Å²) in [4.78, 5) is 26.2. The summed E-state index contributed by atoms with van der Waals surface area (Å²) in [6.45, 7) is 3.74. The molecule has 0 unspecified atom stereocenters. The number of benzene rings is 1. The molecule has 8 heteroatoms. The van der Waals surface area contributed by atoms with E-state index in [-0.39, 0.29) is 11.8 Å². The van der Waals surface area contributed by atoms with Gasteiger partial charge < -0.3 is 24.6 Å². The molecule has 160 valence electrons. The van der Waals surface area contributed by atoms with E-state index in [1.165, 1.54) is 12.8 Å². The number of nitrogens with one attached hydrogen (secondary N) is 1. The van der Waals surface area contributed by atoms with Gasteiger partial charge in [-0.15, -0.1) is 0 Å². The van der Waals surface area contributed by atoms with Gasteiger partial charge in [-0.25, -0.2) is 9.97 Å². The largest absolute Gasteiger partial charge is 0.493 e. The average Bonchev–Trinajstić information content (AvgIpc) is 3.34. The van der Waals surface area contributed by atoms with E-state index in [9.17, 15) is 4.79 Å². The molecule has 2 fully saturated rings. The smallest absolute Gasteiger partial charge is 0.227 e. The zero-order valence-corrected chi connectivity index (χ0v) is 17.6. The van der Waals surface area contributed by atoms with Crippen LogP contribution in [0, 0.1) is 5.92 Å². The van der Waals surface area contributed by atoms with Crippen molar-refractivity contribution in [1.82, 2.24) is 9.97 Å². The van der Waals surface area contributed by atoms with E-state index in [2.05, 4.69) is 31.2 Å². The van der Waals surface area contributed by atoms with Gasteiger partial charge >= 0.3 is 0 Å². The lowest BCUT2D eigenvalue weighted by Gasteiger charge is -2.32. The van der Waals surface area contributed by atoms with Gasteiger partial charge in [-0.2, -0.15) is 0 Å². The number of anilines is 3. The summed E-state index contributed by atoms with van der Waals surface area (Å²) in [5.41, 5.74) is 0.714. The van der Waals surface area contributed by atoms with Crippen molar-refractivity contribution in [2.24, 2.45) is 5.92 Å². The number of hydrogen-bond donors (Lipinski definition) is 1. The lowest BCUT2D eigenvalue weighted by atomic mass is 9.95. The van der Waals surface area contributed by atoms with E-state index in [1.807, 2.05) is 6.07 Å². The topological polar surface area (TPSA) is 79.8 Å². The van der Waals surface area contributed by atoms with Crippen molar-refractivity contribution in [3.05, 3.63) is 30.6 Å². The summed E-state index contributed by atoms with van der Waals surface area (Å²) in [6.07, 6.45) is 5.68. The number of aromatic nitrogens is 2. The number of rotatable bonds is 6. The molecule has 2 saturated heterocycles. The zero-order valence-electron chi connectivity index (χ0n) is 17.6. The molecular weight excluding hydrogens is 382 g/mol. The number of nitrogens with zero attached hydrogens (tertiary/aromatic N) is 4. The van der Waals surface area contributed by atoms with Crippen molar-refractivity contribution in [3.8, 4) is 11.5 Å². The van der Waals surface area contributed by atoms with Crippen LogP contribution >= 0.6 is 0 Å². The molecule has 0 aliphatic carbocycles. The van der Waals surface area contributed by atoms with E-state index in [0.717, 1.165) is 50.7 Å². The van der Waals surface area contributed by atoms with Crippen molar-refractivity contribution < 1.29 is 14.3 Å². The van der Waals surface area contributed by atoms with Gasteiger partial charge in [0.15, 0.2) is 11.5 Å². The van der Waals surface area contributed by atoms with Gasteiger partial charge in [0.2, 0.25) is 5.91 Å². The molecule has 1 N–H and O–H groups in total. The summed E-state index contributed by atoms with van der Waals surface area (Å²) >= 11 is 0. The predicted octanol–water partition coefficient (Wildman–Crippen LogP) is 2.95. The van der Waals surface area contributed by atoms with Crippen LogP contribution in [0.25, 0.3) is 0 Å². The third-order valence-corrected chi connectivity index (χ3v) is 5.91. The number of hydrogen-bond acceptors (Lipinski definition) is 7. The Balaban J connectivity index is 1.34. The van der Waals surface area contributed by atoms with Crippen molar-refractivity contribution in [3.63, 3.8) is 0 Å². The molecule has 4 rings (SSSR count). The highest BCUT2D eigenvalue weighted by Crippen LogP contribution is 2.31. The lowest BCUT2D eigenvalue weighted by molar-refractivity contribution is -0.120. The van der Waals surface area contributed by atoms with Crippen LogP contribution in [0.1, 0.15) is 25.7 Å². The Morgan fingerprint density at radius 1 is 0.933 bits per heavy atom. The highest BCUT2D eigenvalue weighted by Gasteiger charge is 2.26. The Morgan fingerprint density at radius 2 is 1.57 bits per heavy atom. The average molecular weight is 412 g/mol. The van der Waals surface area contributed by atoms with Gasteiger partial charge in [0.25, 0.3) is 0 Å². The van der Waals surface area contributed by atoms with E-state index in [4.69, 9.17) is 9.47 Å². The minimum atomic E-state index is -0.0192. The van der Waals surface area contributed by atoms with Gasteiger partial charge in [0, 0.05) is 49.9 Å². The van der Waals surface area contributed by atoms with Crippen LogP contribution in [0.5, 0.6) is 11.5 Å². The highest BCUT2D eigenvalue weighted by molar-refractivity contribution is 5.93. The molecule has 0 spiro atoms. The lowest BCUT2D eigenvalue weighted by Crippen LogP contribution is -2.38. The molecule has 2 aromatic rings. The number of carbonyl (C=O) groups excluding carboxylic acids is 1. The monoisotopic (exact) mass is 411 g/mol. The quantitative estimate of drug-likeness (QED) is 0.783. The van der Waals surface area contributed by atoms with Gasteiger partial charge in [-0.3, -0.25) is 4.79 Å². The molecule has 0 radical (unpaired) electrons. The van der Waals surface area contributed by atoms with E-state index in [0.29, 0.717) is 17.2 Å². The molecule has 0 bridgehead atoms. The summed E-state index contributed by atoms with van der Waals surface area (Å²) in [6, 6.07) is 7.49. The normalized spacial score (nSPS) is 17.1. The van der Waals surface area contributed by atoms with Crippen molar-refractivity contribution in [2.45, 2.75) is 25.7 Å². The maximum atomic E-state index is 12.8. The van der Waals surface area contributed by atoms with Crippen LogP contribution in [0.4, 0.5) is 17.3 Å². The molecular formula is C22H29N5O3. The van der Waals surface area contributed by atoms with Crippen LogP contribution in [0.2, 0.25) is 0 Å². The molecule has 2 aliphatic heterocycles. The van der Waals surface area contributed by atoms with Gasteiger partial charge in [-0.05, 0) is 37.8 Å². The second kappa shape index (κ2) is 9.19. The van der Waals surface area contributed by atoms with Crippen LogP contribution in [-0.4, -0.2) is 56.3 Å². The molecule has 8 nitrogen and oxygen atoms in total. The van der Waals surface area contributed by atoms with Gasteiger partial charge in [0.1, 0.15) is 18.0 Å². The van der Waals surface area contributed by atoms with Crippen LogP contribution in [0.3, 0.4) is 0 Å². The molecule has 3 heterocycles. The Hall–Kier alpha value is -3.03. The second-order valence-corrected chi connectivity index (χ2v) is 7.75. The summed E-state index contributed by atoms with van der Waals surface area (Å²) in [5.74, 6) is 3.22. The summed E-state index contributed by atoms with van der Waals surface area (Å²) < 4.78 is 10.6. The maximum absolute atomic E-state index is 12.8. The highest BCUT2D eigenvalue weighted by atomic mass is 16.5. The Morgan fingerprint density at radius 3 is 2.20 bits per heavy atom. The number of ether oxygens (including phenoxy) is 2. The van der Waals surface area contributed by atoms with Gasteiger partial charge in [-0.1, -0.05) is 0 Å². The fraction of sp³-hybridized carbons (Fsp3) is 0.500. The first-order valence-corrected chi connectivity index (χ1v) is 10.5. The molecule has 1 amide bonds. The zero-order chi connectivity index (χ0) is 20.9. The first-order valence-electron chi connectivity index (χ1n) is 10.5. The Kier molecular flexibility index (Phi) is 6.21. The van der Waals surface area contributed by atoms with Crippen LogP contribution in [-0.2, 0) is 4.79 Å². The first kappa shape index (κ1) is 20.3. The molecule has 30 heavy (non-hydrogen) atoms. The first-order chi connectivity index (χ1) is 14.7. The maximum Gasteiger partial charge on any atom is 0.227 e. The Bertz CT molecular complexity index is 877. The minimum Gasteiger partial charge on any atom is -0.493 e. The van der Waals surface area contributed by atoms with Crippen molar-refractivity contribution in [1.29, 1.82) is 0 Å². The summed E-state index contributed by atoms with van der Waals surface area (Å²) in [5, 5.41) is 3.01. The van der Waals surface area contributed by atoms with Gasteiger partial charge in [0.05, 0.1) is 14.2 Å². The van der Waals surface area contributed by atoms with E-state index >= 15 is 0 Å². The molecule has 2 aliphatic rings. The van der Waals surface area contributed by atoms with Crippen LogP contribution in [0.15, 0.2) is 30.6 Å². The molecule has 0 atom stereocenters. The van der Waals surface area contributed by atoms with E-state index in [1.54, 1.807) is 32.7 Å². The van der Waals surface area contributed by atoms with Crippen molar-refractivity contribution >= 4 is 23.2 Å². The number of amides is 1. The predicted molar refractivity (Wildman–Crippen MR) is 117 cm³/mol. The minimum absolute atomic E-state index is 0.0192. The summed E-state index contributed by atoms with van der Waals surface area (Å²) in [7, 11) is 3.18. The molecule has 1 aromatic carbocycles. The standard InChI is InChI=1S/C22H29N5O3/c1-29-18-6-5-17(13-19(18)30-2)25-22(28)16-7-11-27(12-8-16)21-14-20(23-15-24-21)26-9-3-4-10-26/h5-6,13-16H,3-4,7-12H2,1-2H3,(H,25,28). The number of methoxy groups -OCH3 is 2. The number of carbonyl (C=O) groups is 1. The SMILES string of the molecule is COc1ccc(NC(=O)C2CCN(c3cc(N4CCCC4)ncn3)CC2)cc1OC. The fourth-order valence-corrected chi connectivity index (χ4v) is 4.16. The second-order valence-electron chi connectivity index (χ2n) is 7.75. The third-order valence-electron chi connectivity index (χ3n) is 5.91. The van der Waals surface area contributed by atoms with Crippen LogP contribution < -0.4 is 24.6 Å². The fourth-order valence-electron chi connectivity index (χ4n) is 4.16. The molecule has 0 saturated carbocycles. The Labute approximate surface area is 177 Å².